The molecule has 0 spiro atoms. The van der Waals surface area contributed by atoms with Crippen molar-refractivity contribution < 1.29 is 22.7 Å². The van der Waals surface area contributed by atoms with Gasteiger partial charge in [0, 0.05) is 11.6 Å². The van der Waals surface area contributed by atoms with Gasteiger partial charge in [0.1, 0.15) is 22.4 Å². The maximum atomic E-state index is 13.2. The number of methoxy groups -OCH3 is 2. The van der Waals surface area contributed by atoms with Crippen LogP contribution in [0, 0.1) is 0 Å². The predicted molar refractivity (Wildman–Crippen MR) is 132 cm³/mol. The first-order chi connectivity index (χ1) is 16.3. The van der Waals surface area contributed by atoms with E-state index in [2.05, 4.69) is 10.0 Å². The second-order valence-electron chi connectivity index (χ2n) is 7.55. The molecule has 9 heteroatoms. The topological polar surface area (TPSA) is 93.7 Å². The molecule has 0 aromatic heterocycles. The summed E-state index contributed by atoms with van der Waals surface area (Å²) < 4.78 is 39.2. The summed E-state index contributed by atoms with van der Waals surface area (Å²) in [5.41, 5.74) is 1.84. The molecule has 2 N–H and O–H groups in total. The van der Waals surface area contributed by atoms with E-state index < -0.39 is 22.0 Å². The van der Waals surface area contributed by atoms with E-state index in [1.807, 2.05) is 54.6 Å². The van der Waals surface area contributed by atoms with Crippen LogP contribution in [0.5, 0.6) is 11.5 Å². The van der Waals surface area contributed by atoms with E-state index in [1.165, 1.54) is 25.3 Å². The molecule has 0 saturated heterocycles. The Morgan fingerprint density at radius 2 is 1.65 bits per heavy atom. The zero-order valence-electron chi connectivity index (χ0n) is 19.0. The van der Waals surface area contributed by atoms with Crippen molar-refractivity contribution >= 4 is 27.5 Å². The van der Waals surface area contributed by atoms with Crippen molar-refractivity contribution in [2.45, 2.75) is 23.8 Å². The summed E-state index contributed by atoms with van der Waals surface area (Å²) in [6, 6.07) is 20.0. The zero-order valence-corrected chi connectivity index (χ0v) is 20.5. The summed E-state index contributed by atoms with van der Waals surface area (Å²) in [4.78, 5) is 12.9. The van der Waals surface area contributed by atoms with Gasteiger partial charge in [-0.1, -0.05) is 54.1 Å². The van der Waals surface area contributed by atoms with Crippen molar-refractivity contribution in [2.75, 3.05) is 20.8 Å². The van der Waals surface area contributed by atoms with Gasteiger partial charge in [-0.2, -0.15) is 4.72 Å². The molecule has 1 amide bonds. The molecule has 0 aliphatic heterocycles. The molecule has 1 unspecified atom stereocenters. The molecule has 3 rings (SSSR count). The highest BCUT2D eigenvalue weighted by Crippen LogP contribution is 2.27. The van der Waals surface area contributed by atoms with Crippen LogP contribution in [0.1, 0.15) is 11.1 Å². The average Bonchev–Trinajstić information content (AvgIpc) is 2.84. The average molecular weight is 503 g/mol. The molecule has 1 atom stereocenters. The van der Waals surface area contributed by atoms with Crippen LogP contribution in [0.3, 0.4) is 0 Å². The SMILES string of the molecule is COc1ccc(CCNC(=O)C(Cc2ccccc2)NS(=O)(=O)c2cc(Cl)ccc2OC)cc1. The summed E-state index contributed by atoms with van der Waals surface area (Å²) in [6.07, 6.45) is 0.764. The van der Waals surface area contributed by atoms with Crippen LogP contribution in [-0.4, -0.2) is 41.1 Å². The number of hydrogen-bond acceptors (Lipinski definition) is 5. The van der Waals surface area contributed by atoms with Crippen molar-refractivity contribution in [2.24, 2.45) is 0 Å². The smallest absolute Gasteiger partial charge is 0.245 e. The minimum absolute atomic E-state index is 0.133. The molecule has 0 aliphatic rings. The molecule has 3 aromatic carbocycles. The maximum absolute atomic E-state index is 13.2. The number of carbonyl (C=O) groups is 1. The second-order valence-corrected chi connectivity index (χ2v) is 9.67. The fourth-order valence-electron chi connectivity index (χ4n) is 3.39. The van der Waals surface area contributed by atoms with Gasteiger partial charge in [-0.05, 0) is 54.3 Å². The number of rotatable bonds is 11. The van der Waals surface area contributed by atoms with Gasteiger partial charge in [-0.3, -0.25) is 4.79 Å². The molecule has 0 fully saturated rings. The Labute approximate surface area is 205 Å². The predicted octanol–water partition coefficient (Wildman–Crippen LogP) is 3.61. The van der Waals surface area contributed by atoms with Crippen LogP contribution in [0.2, 0.25) is 5.02 Å². The van der Waals surface area contributed by atoms with Gasteiger partial charge in [0.05, 0.1) is 14.2 Å². The highest BCUT2D eigenvalue weighted by atomic mass is 35.5. The molecule has 180 valence electrons. The third-order valence-corrected chi connectivity index (χ3v) is 6.91. The third kappa shape index (κ3) is 6.96. The van der Waals surface area contributed by atoms with Crippen molar-refractivity contribution in [3.63, 3.8) is 0 Å². The number of ether oxygens (including phenoxy) is 2. The Bertz CT molecular complexity index is 1200. The molecule has 7 nitrogen and oxygen atoms in total. The van der Waals surface area contributed by atoms with E-state index in [0.29, 0.717) is 13.0 Å². The molecular weight excluding hydrogens is 476 g/mol. The van der Waals surface area contributed by atoms with Gasteiger partial charge < -0.3 is 14.8 Å². The molecule has 0 heterocycles. The molecule has 0 radical (unpaired) electrons. The number of nitrogens with one attached hydrogen (secondary N) is 2. The van der Waals surface area contributed by atoms with E-state index in [9.17, 15) is 13.2 Å². The van der Waals surface area contributed by atoms with Crippen LogP contribution >= 0.6 is 11.6 Å². The van der Waals surface area contributed by atoms with Gasteiger partial charge in [-0.25, -0.2) is 8.42 Å². The summed E-state index contributed by atoms with van der Waals surface area (Å²) in [7, 11) is -1.14. The number of benzene rings is 3. The third-order valence-electron chi connectivity index (χ3n) is 5.18. The molecule has 0 bridgehead atoms. The van der Waals surface area contributed by atoms with Crippen LogP contribution < -0.4 is 19.5 Å². The minimum atomic E-state index is -4.11. The molecular formula is C25H27ClN2O5S. The van der Waals surface area contributed by atoms with Gasteiger partial charge in [0.15, 0.2) is 0 Å². The summed E-state index contributed by atoms with van der Waals surface area (Å²) in [5.74, 6) is 0.457. The fourth-order valence-corrected chi connectivity index (χ4v) is 5.02. The zero-order chi connectivity index (χ0) is 24.6. The first kappa shape index (κ1) is 25.6. The van der Waals surface area contributed by atoms with E-state index in [1.54, 1.807) is 7.11 Å². The lowest BCUT2D eigenvalue weighted by Crippen LogP contribution is -2.48. The monoisotopic (exact) mass is 502 g/mol. The van der Waals surface area contributed by atoms with Crippen molar-refractivity contribution in [3.8, 4) is 11.5 Å². The van der Waals surface area contributed by atoms with Gasteiger partial charge in [0.25, 0.3) is 0 Å². The number of sulfonamides is 1. The quantitative estimate of drug-likeness (QED) is 0.418. The summed E-state index contributed by atoms with van der Waals surface area (Å²) in [5, 5.41) is 3.08. The molecule has 3 aromatic rings. The second kappa shape index (κ2) is 11.9. The Morgan fingerprint density at radius 1 is 0.941 bits per heavy atom. The Hall–Kier alpha value is -3.07. The van der Waals surface area contributed by atoms with Gasteiger partial charge in [0.2, 0.25) is 15.9 Å². The molecule has 0 saturated carbocycles. The van der Waals surface area contributed by atoms with E-state index in [0.717, 1.165) is 16.9 Å². The molecule has 34 heavy (non-hydrogen) atoms. The van der Waals surface area contributed by atoms with Crippen molar-refractivity contribution in [1.82, 2.24) is 10.0 Å². The Balaban J connectivity index is 1.76. The highest BCUT2D eigenvalue weighted by molar-refractivity contribution is 7.89. The van der Waals surface area contributed by atoms with Crippen LogP contribution in [0.25, 0.3) is 0 Å². The highest BCUT2D eigenvalue weighted by Gasteiger charge is 2.28. The Morgan fingerprint density at radius 3 is 2.29 bits per heavy atom. The van der Waals surface area contributed by atoms with Crippen molar-refractivity contribution in [1.29, 1.82) is 0 Å². The summed E-state index contributed by atoms with van der Waals surface area (Å²) in [6.45, 7) is 0.346. The number of amides is 1. The van der Waals surface area contributed by atoms with Gasteiger partial charge in [-0.15, -0.1) is 0 Å². The molecule has 0 aliphatic carbocycles. The normalized spacial score (nSPS) is 12.1. The fraction of sp³-hybridized carbons (Fsp3) is 0.240. The van der Waals surface area contributed by atoms with E-state index in [-0.39, 0.29) is 22.1 Å². The number of carbonyl (C=O) groups excluding carboxylic acids is 1. The first-order valence-corrected chi connectivity index (χ1v) is 12.5. The largest absolute Gasteiger partial charge is 0.497 e. The van der Waals surface area contributed by atoms with Crippen LogP contribution in [-0.2, 0) is 27.7 Å². The lowest BCUT2D eigenvalue weighted by atomic mass is 10.1. The standard InChI is InChI=1S/C25H27ClN2O5S/c1-32-21-11-8-18(9-12-21)14-15-27-25(29)22(16-19-6-4-3-5-7-19)28-34(30,31)24-17-20(26)10-13-23(24)33-2/h3-13,17,22,28H,14-16H2,1-2H3,(H,27,29). The van der Waals surface area contributed by atoms with Crippen molar-refractivity contribution in [3.05, 3.63) is 88.9 Å². The Kier molecular flexibility index (Phi) is 8.92. The maximum Gasteiger partial charge on any atom is 0.245 e. The first-order valence-electron chi connectivity index (χ1n) is 10.6. The van der Waals surface area contributed by atoms with Gasteiger partial charge >= 0.3 is 0 Å². The number of halogens is 1. The minimum Gasteiger partial charge on any atom is -0.497 e. The van der Waals surface area contributed by atoms with E-state index >= 15 is 0 Å². The van der Waals surface area contributed by atoms with Crippen LogP contribution in [0.15, 0.2) is 77.7 Å². The lowest BCUT2D eigenvalue weighted by molar-refractivity contribution is -0.122. The summed E-state index contributed by atoms with van der Waals surface area (Å²) >= 11 is 6.02. The number of hydrogen-bond donors (Lipinski definition) is 2. The van der Waals surface area contributed by atoms with E-state index in [4.69, 9.17) is 21.1 Å². The lowest BCUT2D eigenvalue weighted by Gasteiger charge is -2.20. The van der Waals surface area contributed by atoms with Crippen LogP contribution in [0.4, 0.5) is 0 Å².